The standard InChI is InChI=1S/C21H30N4O/c1-5-15-8-6-7-14(4)20(15)24-19-11-17(16-9-10-16)22-21(25-19)23-18(12-26)13(2)3/h6-8,11,13,16,18,26H,5,9-10,12H2,1-4H3,(H2,22,23,24,25)/t18-/m1/s1. The van der Waals surface area contributed by atoms with E-state index in [-0.39, 0.29) is 12.6 Å². The molecule has 140 valence electrons. The third kappa shape index (κ3) is 4.33. The molecule has 1 fully saturated rings. The monoisotopic (exact) mass is 354 g/mol. The van der Waals surface area contributed by atoms with Gasteiger partial charge in [-0.3, -0.25) is 0 Å². The Hall–Kier alpha value is -2.14. The predicted octanol–water partition coefficient (Wildman–Crippen LogP) is 4.40. The van der Waals surface area contributed by atoms with Crippen molar-refractivity contribution >= 4 is 17.5 Å². The molecule has 0 aliphatic heterocycles. The molecule has 3 rings (SSSR count). The smallest absolute Gasteiger partial charge is 0.225 e. The van der Waals surface area contributed by atoms with E-state index in [0.29, 0.717) is 17.8 Å². The number of anilines is 3. The quantitative estimate of drug-likeness (QED) is 0.655. The minimum absolute atomic E-state index is 0.0537. The van der Waals surface area contributed by atoms with Gasteiger partial charge in [0.05, 0.1) is 18.3 Å². The number of aromatic nitrogens is 2. The van der Waals surface area contributed by atoms with Crippen LogP contribution in [-0.4, -0.2) is 27.7 Å². The van der Waals surface area contributed by atoms with Gasteiger partial charge in [0.15, 0.2) is 0 Å². The molecule has 2 aromatic rings. The van der Waals surface area contributed by atoms with Crippen LogP contribution in [0.5, 0.6) is 0 Å². The lowest BCUT2D eigenvalue weighted by molar-refractivity contribution is 0.248. The zero-order chi connectivity index (χ0) is 18.7. The van der Waals surface area contributed by atoms with E-state index in [1.807, 2.05) is 0 Å². The molecule has 0 unspecified atom stereocenters. The first-order chi connectivity index (χ1) is 12.5. The number of nitrogens with zero attached hydrogens (tertiary/aromatic N) is 2. The third-order valence-electron chi connectivity index (χ3n) is 5.05. The molecule has 1 saturated carbocycles. The van der Waals surface area contributed by atoms with Crippen molar-refractivity contribution in [1.82, 2.24) is 9.97 Å². The Morgan fingerprint density at radius 1 is 1.23 bits per heavy atom. The Balaban J connectivity index is 1.92. The van der Waals surface area contributed by atoms with Crippen molar-refractivity contribution in [2.75, 3.05) is 17.2 Å². The number of hydrogen-bond donors (Lipinski definition) is 3. The largest absolute Gasteiger partial charge is 0.394 e. The second-order valence-electron chi connectivity index (χ2n) is 7.54. The zero-order valence-corrected chi connectivity index (χ0v) is 16.2. The van der Waals surface area contributed by atoms with E-state index in [4.69, 9.17) is 4.98 Å². The van der Waals surface area contributed by atoms with Crippen LogP contribution in [0, 0.1) is 12.8 Å². The van der Waals surface area contributed by atoms with Crippen LogP contribution in [0.1, 0.15) is 56.4 Å². The van der Waals surface area contributed by atoms with Gasteiger partial charge in [-0.05, 0) is 43.2 Å². The van der Waals surface area contributed by atoms with Crippen LogP contribution in [0.25, 0.3) is 0 Å². The fourth-order valence-electron chi connectivity index (χ4n) is 3.10. The summed E-state index contributed by atoms with van der Waals surface area (Å²) in [7, 11) is 0. The first kappa shape index (κ1) is 18.6. The summed E-state index contributed by atoms with van der Waals surface area (Å²) in [5.74, 6) is 2.24. The SMILES string of the molecule is CCc1cccc(C)c1Nc1cc(C2CC2)nc(N[C@H](CO)C(C)C)n1. The van der Waals surface area contributed by atoms with E-state index in [1.54, 1.807) is 0 Å². The van der Waals surface area contributed by atoms with Crippen molar-refractivity contribution < 1.29 is 5.11 Å². The summed E-state index contributed by atoms with van der Waals surface area (Å²) in [5, 5.41) is 16.5. The molecular weight excluding hydrogens is 324 g/mol. The Bertz CT molecular complexity index is 756. The Morgan fingerprint density at radius 3 is 2.62 bits per heavy atom. The molecule has 1 aromatic heterocycles. The summed E-state index contributed by atoms with van der Waals surface area (Å²) in [6.07, 6.45) is 3.35. The summed E-state index contributed by atoms with van der Waals surface area (Å²) in [6, 6.07) is 8.37. The number of nitrogens with one attached hydrogen (secondary N) is 2. The maximum atomic E-state index is 9.62. The number of aliphatic hydroxyl groups is 1. The van der Waals surface area contributed by atoms with Crippen LogP contribution in [0.3, 0.4) is 0 Å². The molecule has 1 aliphatic rings. The molecule has 0 bridgehead atoms. The maximum Gasteiger partial charge on any atom is 0.225 e. The number of rotatable bonds is 8. The molecule has 1 atom stereocenters. The van der Waals surface area contributed by atoms with Gasteiger partial charge in [0.25, 0.3) is 0 Å². The van der Waals surface area contributed by atoms with Gasteiger partial charge < -0.3 is 15.7 Å². The van der Waals surface area contributed by atoms with E-state index in [1.165, 1.54) is 24.0 Å². The number of aryl methyl sites for hydroxylation is 2. The van der Waals surface area contributed by atoms with Gasteiger partial charge in [-0.15, -0.1) is 0 Å². The summed E-state index contributed by atoms with van der Waals surface area (Å²) in [6.45, 7) is 8.51. The number of benzene rings is 1. The fourth-order valence-corrected chi connectivity index (χ4v) is 3.10. The van der Waals surface area contributed by atoms with E-state index in [2.05, 4.69) is 67.6 Å². The molecule has 5 nitrogen and oxygen atoms in total. The number of aliphatic hydroxyl groups excluding tert-OH is 1. The highest BCUT2D eigenvalue weighted by Gasteiger charge is 2.27. The van der Waals surface area contributed by atoms with Gasteiger partial charge >= 0.3 is 0 Å². The summed E-state index contributed by atoms with van der Waals surface area (Å²) in [4.78, 5) is 9.38. The average Bonchev–Trinajstić information content (AvgIpc) is 3.46. The maximum absolute atomic E-state index is 9.62. The number of hydrogen-bond acceptors (Lipinski definition) is 5. The van der Waals surface area contributed by atoms with Crippen LogP contribution in [-0.2, 0) is 6.42 Å². The lowest BCUT2D eigenvalue weighted by atomic mass is 10.1. The van der Waals surface area contributed by atoms with Crippen LogP contribution < -0.4 is 10.6 Å². The van der Waals surface area contributed by atoms with Gasteiger partial charge in [0.1, 0.15) is 5.82 Å². The van der Waals surface area contributed by atoms with E-state index < -0.39 is 0 Å². The van der Waals surface area contributed by atoms with Crippen molar-refractivity contribution in [3.63, 3.8) is 0 Å². The Kier molecular flexibility index (Phi) is 5.77. The van der Waals surface area contributed by atoms with Gasteiger partial charge in [-0.2, -0.15) is 4.98 Å². The van der Waals surface area contributed by atoms with Crippen LogP contribution in [0.2, 0.25) is 0 Å². The lowest BCUT2D eigenvalue weighted by Crippen LogP contribution is -2.30. The number of para-hydroxylation sites is 1. The first-order valence-corrected chi connectivity index (χ1v) is 9.63. The molecule has 0 spiro atoms. The van der Waals surface area contributed by atoms with Crippen molar-refractivity contribution in [3.05, 3.63) is 41.1 Å². The Labute approximate surface area is 156 Å². The van der Waals surface area contributed by atoms with Crippen molar-refractivity contribution in [2.45, 2.75) is 58.9 Å². The molecule has 3 N–H and O–H groups in total. The predicted molar refractivity (Wildman–Crippen MR) is 107 cm³/mol. The lowest BCUT2D eigenvalue weighted by Gasteiger charge is -2.21. The minimum Gasteiger partial charge on any atom is -0.394 e. The van der Waals surface area contributed by atoms with E-state index in [0.717, 1.165) is 23.6 Å². The van der Waals surface area contributed by atoms with Crippen molar-refractivity contribution in [2.24, 2.45) is 5.92 Å². The molecule has 1 aliphatic carbocycles. The molecular formula is C21H30N4O. The molecule has 0 saturated heterocycles. The van der Waals surface area contributed by atoms with Crippen LogP contribution in [0.4, 0.5) is 17.5 Å². The second kappa shape index (κ2) is 8.04. The zero-order valence-electron chi connectivity index (χ0n) is 16.2. The normalized spacial score (nSPS) is 15.2. The summed E-state index contributed by atoms with van der Waals surface area (Å²) < 4.78 is 0. The topological polar surface area (TPSA) is 70.1 Å². The van der Waals surface area contributed by atoms with Gasteiger partial charge in [-0.25, -0.2) is 4.98 Å². The fraction of sp³-hybridized carbons (Fsp3) is 0.524. The highest BCUT2D eigenvalue weighted by molar-refractivity contribution is 5.65. The van der Waals surface area contributed by atoms with E-state index >= 15 is 0 Å². The second-order valence-corrected chi connectivity index (χ2v) is 7.54. The minimum atomic E-state index is -0.0537. The van der Waals surface area contributed by atoms with Crippen molar-refractivity contribution in [1.29, 1.82) is 0 Å². The Morgan fingerprint density at radius 2 is 2.00 bits per heavy atom. The van der Waals surface area contributed by atoms with E-state index in [9.17, 15) is 5.11 Å². The summed E-state index contributed by atoms with van der Waals surface area (Å²) >= 11 is 0. The molecule has 26 heavy (non-hydrogen) atoms. The van der Waals surface area contributed by atoms with Crippen LogP contribution in [0.15, 0.2) is 24.3 Å². The van der Waals surface area contributed by atoms with Gasteiger partial charge in [0, 0.05) is 17.7 Å². The highest BCUT2D eigenvalue weighted by Crippen LogP contribution is 2.40. The average molecular weight is 354 g/mol. The first-order valence-electron chi connectivity index (χ1n) is 9.63. The molecule has 1 aromatic carbocycles. The van der Waals surface area contributed by atoms with Crippen LogP contribution >= 0.6 is 0 Å². The third-order valence-corrected chi connectivity index (χ3v) is 5.05. The summed E-state index contributed by atoms with van der Waals surface area (Å²) in [5.41, 5.74) is 4.70. The van der Waals surface area contributed by atoms with Crippen molar-refractivity contribution in [3.8, 4) is 0 Å². The van der Waals surface area contributed by atoms with Gasteiger partial charge in [0.2, 0.25) is 5.95 Å². The molecule has 1 heterocycles. The highest BCUT2D eigenvalue weighted by atomic mass is 16.3. The molecule has 0 radical (unpaired) electrons. The molecule has 5 heteroatoms. The molecule has 0 amide bonds. The van der Waals surface area contributed by atoms with Gasteiger partial charge in [-0.1, -0.05) is 39.0 Å².